The van der Waals surface area contributed by atoms with Gasteiger partial charge in [0.15, 0.2) is 0 Å². The van der Waals surface area contributed by atoms with Crippen molar-refractivity contribution in [1.29, 1.82) is 0 Å². The van der Waals surface area contributed by atoms with Gasteiger partial charge in [-0.15, -0.1) is 0 Å². The van der Waals surface area contributed by atoms with Gasteiger partial charge in [-0.25, -0.2) is 0 Å². The fourth-order valence-electron chi connectivity index (χ4n) is 7.36. The third-order valence-corrected chi connectivity index (χ3v) is 9.11. The first-order valence-corrected chi connectivity index (χ1v) is 13.0. The standard InChI is InChI=1S/C28H48O3/c1-6-22-25(29)17-20(18-26(22)30)11-12-21-10-8-16-28(5)23(13-14-24(21)28)19(2)9-7-15-27(3,4)31/h11-12,19,22-26,29-31H,6-10,13-18H2,1-5H3/b20-11?,21-12+/t19-,22?,23-,24-,25-,26+,28-/m1/s1. The lowest BCUT2D eigenvalue weighted by Gasteiger charge is -2.44. The van der Waals surface area contributed by atoms with Crippen LogP contribution in [0.3, 0.4) is 0 Å². The van der Waals surface area contributed by atoms with Crippen LogP contribution in [-0.2, 0) is 0 Å². The van der Waals surface area contributed by atoms with E-state index in [1.807, 2.05) is 13.8 Å². The van der Waals surface area contributed by atoms with E-state index < -0.39 is 17.8 Å². The minimum atomic E-state index is -0.548. The number of hydrogen-bond acceptors (Lipinski definition) is 3. The number of rotatable bonds is 7. The van der Waals surface area contributed by atoms with E-state index >= 15 is 0 Å². The lowest BCUT2D eigenvalue weighted by atomic mass is 9.60. The lowest BCUT2D eigenvalue weighted by molar-refractivity contribution is -0.00700. The molecule has 0 radical (unpaired) electrons. The number of allylic oxidation sites excluding steroid dienone is 3. The molecule has 0 bridgehead atoms. The van der Waals surface area contributed by atoms with Crippen molar-refractivity contribution < 1.29 is 15.3 Å². The first kappa shape index (κ1) is 25.0. The second-order valence-electron chi connectivity index (χ2n) is 12.0. The van der Waals surface area contributed by atoms with E-state index in [0.717, 1.165) is 25.2 Å². The molecule has 3 N–H and O–H groups in total. The van der Waals surface area contributed by atoms with Crippen LogP contribution in [0.4, 0.5) is 0 Å². The van der Waals surface area contributed by atoms with Crippen molar-refractivity contribution >= 4 is 0 Å². The van der Waals surface area contributed by atoms with Crippen molar-refractivity contribution in [2.45, 2.75) is 123 Å². The quantitative estimate of drug-likeness (QED) is 0.450. The van der Waals surface area contributed by atoms with Gasteiger partial charge >= 0.3 is 0 Å². The zero-order valence-corrected chi connectivity index (χ0v) is 20.7. The summed E-state index contributed by atoms with van der Waals surface area (Å²) in [5.74, 6) is 2.20. The maximum absolute atomic E-state index is 10.4. The third kappa shape index (κ3) is 5.84. The van der Waals surface area contributed by atoms with Crippen LogP contribution in [0, 0.1) is 29.1 Å². The largest absolute Gasteiger partial charge is 0.392 e. The SMILES string of the molecule is CCC1[C@H](O)CC(=C/C=C2\CCC[C@@]3(C)[C@@H]2CC[C@@H]3[C@H](C)CCCC(C)(C)O)C[C@@H]1O. The van der Waals surface area contributed by atoms with Gasteiger partial charge < -0.3 is 15.3 Å². The smallest absolute Gasteiger partial charge is 0.0630 e. The Kier molecular flexibility index (Phi) is 8.14. The summed E-state index contributed by atoms with van der Waals surface area (Å²) in [6, 6.07) is 0. The molecule has 7 atom stereocenters. The van der Waals surface area contributed by atoms with Crippen molar-refractivity contribution in [1.82, 2.24) is 0 Å². The molecule has 0 aromatic rings. The number of aliphatic hydroxyl groups excluding tert-OH is 2. The average Bonchev–Trinajstić information content (AvgIpc) is 3.02. The van der Waals surface area contributed by atoms with Gasteiger partial charge in [-0.2, -0.15) is 0 Å². The highest BCUT2D eigenvalue weighted by Crippen LogP contribution is 2.60. The minimum absolute atomic E-state index is 0.0243. The van der Waals surface area contributed by atoms with Crippen LogP contribution in [0.5, 0.6) is 0 Å². The first-order chi connectivity index (χ1) is 14.5. The first-order valence-electron chi connectivity index (χ1n) is 13.0. The van der Waals surface area contributed by atoms with Crippen LogP contribution < -0.4 is 0 Å². The summed E-state index contributed by atoms with van der Waals surface area (Å²) < 4.78 is 0. The van der Waals surface area contributed by atoms with Gasteiger partial charge in [0, 0.05) is 5.92 Å². The molecule has 0 heterocycles. The Hall–Kier alpha value is -0.640. The second-order valence-corrected chi connectivity index (χ2v) is 12.0. The molecule has 3 aliphatic carbocycles. The Balaban J connectivity index is 1.66. The van der Waals surface area contributed by atoms with E-state index in [0.29, 0.717) is 30.1 Å². The Bertz CT molecular complexity index is 644. The molecule has 0 spiro atoms. The zero-order chi connectivity index (χ0) is 22.8. The lowest BCUT2D eigenvalue weighted by Crippen LogP contribution is -2.36. The van der Waals surface area contributed by atoms with Crippen LogP contribution in [0.2, 0.25) is 0 Å². The Morgan fingerprint density at radius 2 is 1.81 bits per heavy atom. The Labute approximate surface area is 191 Å². The summed E-state index contributed by atoms with van der Waals surface area (Å²) in [6.45, 7) is 10.9. The second kappa shape index (κ2) is 10.1. The molecule has 31 heavy (non-hydrogen) atoms. The van der Waals surface area contributed by atoms with Crippen LogP contribution in [0.1, 0.15) is 105 Å². The topological polar surface area (TPSA) is 60.7 Å². The van der Waals surface area contributed by atoms with Crippen molar-refractivity contribution in [3.63, 3.8) is 0 Å². The molecule has 3 aliphatic rings. The number of fused-ring (bicyclic) bond motifs is 1. The molecule has 3 fully saturated rings. The highest BCUT2D eigenvalue weighted by Gasteiger charge is 2.50. The molecule has 3 nitrogen and oxygen atoms in total. The summed E-state index contributed by atoms with van der Waals surface area (Å²) in [6.07, 6.45) is 15.7. The van der Waals surface area contributed by atoms with Crippen LogP contribution in [0.15, 0.2) is 23.3 Å². The van der Waals surface area contributed by atoms with Gasteiger partial charge in [-0.3, -0.25) is 0 Å². The molecule has 3 rings (SSSR count). The van der Waals surface area contributed by atoms with Crippen molar-refractivity contribution in [3.05, 3.63) is 23.3 Å². The molecule has 0 saturated heterocycles. The Morgan fingerprint density at radius 3 is 2.42 bits per heavy atom. The van der Waals surface area contributed by atoms with Crippen LogP contribution >= 0.6 is 0 Å². The molecule has 3 heteroatoms. The summed E-state index contributed by atoms with van der Waals surface area (Å²) in [4.78, 5) is 0. The van der Waals surface area contributed by atoms with Gasteiger partial charge in [0.1, 0.15) is 0 Å². The van der Waals surface area contributed by atoms with E-state index in [-0.39, 0.29) is 5.92 Å². The van der Waals surface area contributed by atoms with Crippen molar-refractivity contribution in [2.24, 2.45) is 29.1 Å². The summed E-state index contributed by atoms with van der Waals surface area (Å²) in [5, 5.41) is 30.9. The summed E-state index contributed by atoms with van der Waals surface area (Å²) in [7, 11) is 0. The van der Waals surface area contributed by atoms with E-state index in [9.17, 15) is 15.3 Å². The molecular formula is C28H48O3. The molecule has 0 aromatic heterocycles. The van der Waals surface area contributed by atoms with E-state index in [2.05, 4.69) is 32.9 Å². The van der Waals surface area contributed by atoms with Gasteiger partial charge in [-0.1, -0.05) is 56.9 Å². The van der Waals surface area contributed by atoms with E-state index in [4.69, 9.17) is 0 Å². The molecule has 0 aromatic carbocycles. The fraction of sp³-hybridized carbons (Fsp3) is 0.857. The summed E-state index contributed by atoms with van der Waals surface area (Å²) in [5.41, 5.74) is 2.66. The van der Waals surface area contributed by atoms with Gasteiger partial charge in [0.05, 0.1) is 17.8 Å². The summed E-state index contributed by atoms with van der Waals surface area (Å²) >= 11 is 0. The molecule has 0 amide bonds. The van der Waals surface area contributed by atoms with Crippen molar-refractivity contribution in [3.8, 4) is 0 Å². The van der Waals surface area contributed by atoms with Gasteiger partial charge in [-0.05, 0) is 94.8 Å². The van der Waals surface area contributed by atoms with Gasteiger partial charge in [0.25, 0.3) is 0 Å². The van der Waals surface area contributed by atoms with Crippen LogP contribution in [-0.4, -0.2) is 33.1 Å². The molecule has 178 valence electrons. The zero-order valence-electron chi connectivity index (χ0n) is 20.7. The predicted octanol–water partition coefficient (Wildman–Crippen LogP) is 6.17. The molecular weight excluding hydrogens is 384 g/mol. The normalized spacial score (nSPS) is 40.3. The monoisotopic (exact) mass is 432 g/mol. The van der Waals surface area contributed by atoms with Gasteiger partial charge in [0.2, 0.25) is 0 Å². The number of aliphatic hydroxyl groups is 3. The third-order valence-electron chi connectivity index (χ3n) is 9.11. The van der Waals surface area contributed by atoms with E-state index in [1.165, 1.54) is 44.1 Å². The molecule has 0 aliphatic heterocycles. The molecule has 1 unspecified atom stereocenters. The number of hydrogen-bond donors (Lipinski definition) is 3. The van der Waals surface area contributed by atoms with Crippen LogP contribution in [0.25, 0.3) is 0 Å². The highest BCUT2D eigenvalue weighted by atomic mass is 16.3. The maximum Gasteiger partial charge on any atom is 0.0630 e. The van der Waals surface area contributed by atoms with E-state index in [1.54, 1.807) is 5.57 Å². The van der Waals surface area contributed by atoms with Crippen molar-refractivity contribution in [2.75, 3.05) is 0 Å². The molecule has 3 saturated carbocycles. The average molecular weight is 433 g/mol. The maximum atomic E-state index is 10.4. The fourth-order valence-corrected chi connectivity index (χ4v) is 7.36. The predicted molar refractivity (Wildman–Crippen MR) is 129 cm³/mol. The minimum Gasteiger partial charge on any atom is -0.392 e. The highest BCUT2D eigenvalue weighted by molar-refractivity contribution is 5.26. The Morgan fingerprint density at radius 1 is 1.13 bits per heavy atom.